The van der Waals surface area contributed by atoms with Gasteiger partial charge in [-0.15, -0.1) is 0 Å². The lowest BCUT2D eigenvalue weighted by Crippen LogP contribution is -2.40. The number of amides is 1. The number of hydrogen-bond donors (Lipinski definition) is 2. The molecule has 7 heteroatoms. The van der Waals surface area contributed by atoms with E-state index in [1.807, 2.05) is 18.2 Å². The Labute approximate surface area is 126 Å². The number of benzene rings is 1. The standard InChI is InChI=1S/C14H15ClN2O4/c1-20-9-3-4-11-10(6-9)8(7-16-11)5-12(13(18)21-2)17-14(15)19/h3-4,6-7,12,16H,5H2,1-2H3,(H,17,19). The summed E-state index contributed by atoms with van der Waals surface area (Å²) in [5, 5.41) is 2.48. The highest BCUT2D eigenvalue weighted by molar-refractivity contribution is 6.63. The molecule has 0 bridgehead atoms. The summed E-state index contributed by atoms with van der Waals surface area (Å²) in [4.78, 5) is 25.8. The molecule has 1 aromatic heterocycles. The minimum atomic E-state index is -0.842. The van der Waals surface area contributed by atoms with Crippen LogP contribution in [-0.4, -0.2) is 36.6 Å². The maximum Gasteiger partial charge on any atom is 0.328 e. The second-order valence-corrected chi connectivity index (χ2v) is 4.77. The van der Waals surface area contributed by atoms with Gasteiger partial charge in [-0.2, -0.15) is 0 Å². The van der Waals surface area contributed by atoms with E-state index in [-0.39, 0.29) is 6.42 Å². The van der Waals surface area contributed by atoms with Gasteiger partial charge in [0.1, 0.15) is 11.8 Å². The van der Waals surface area contributed by atoms with Gasteiger partial charge in [0.2, 0.25) is 0 Å². The molecule has 2 rings (SSSR count). The van der Waals surface area contributed by atoms with Crippen molar-refractivity contribution in [3.05, 3.63) is 30.0 Å². The highest BCUT2D eigenvalue weighted by atomic mass is 35.5. The van der Waals surface area contributed by atoms with E-state index in [1.54, 1.807) is 13.3 Å². The summed E-state index contributed by atoms with van der Waals surface area (Å²) in [7, 11) is 2.84. The van der Waals surface area contributed by atoms with Crippen molar-refractivity contribution < 1.29 is 19.1 Å². The molecule has 1 aromatic carbocycles. The summed E-state index contributed by atoms with van der Waals surface area (Å²) in [6.07, 6.45) is 2.04. The molecule has 0 saturated carbocycles. The van der Waals surface area contributed by atoms with Crippen molar-refractivity contribution in [1.29, 1.82) is 0 Å². The van der Waals surface area contributed by atoms with Gasteiger partial charge in [-0.25, -0.2) is 4.79 Å². The predicted molar refractivity (Wildman–Crippen MR) is 78.7 cm³/mol. The van der Waals surface area contributed by atoms with Crippen molar-refractivity contribution >= 4 is 33.8 Å². The van der Waals surface area contributed by atoms with Crippen LogP contribution in [0, 0.1) is 0 Å². The van der Waals surface area contributed by atoms with E-state index >= 15 is 0 Å². The van der Waals surface area contributed by atoms with Crippen molar-refractivity contribution in [2.45, 2.75) is 12.5 Å². The molecule has 2 N–H and O–H groups in total. The van der Waals surface area contributed by atoms with Crippen LogP contribution < -0.4 is 10.1 Å². The van der Waals surface area contributed by atoms with Crippen LogP contribution in [0.3, 0.4) is 0 Å². The topological polar surface area (TPSA) is 80.4 Å². The molecule has 0 saturated heterocycles. The van der Waals surface area contributed by atoms with E-state index in [9.17, 15) is 9.59 Å². The second kappa shape index (κ2) is 6.49. The first kappa shape index (κ1) is 15.2. The number of methoxy groups -OCH3 is 2. The van der Waals surface area contributed by atoms with Gasteiger partial charge in [-0.05, 0) is 35.4 Å². The van der Waals surface area contributed by atoms with Gasteiger partial charge in [-0.1, -0.05) is 0 Å². The summed E-state index contributed by atoms with van der Waals surface area (Å²) in [6, 6.07) is 4.73. The average Bonchev–Trinajstić information content (AvgIpc) is 2.87. The van der Waals surface area contributed by atoms with E-state index in [0.717, 1.165) is 16.5 Å². The Balaban J connectivity index is 2.31. The molecule has 2 aromatic rings. The number of rotatable bonds is 5. The van der Waals surface area contributed by atoms with Crippen molar-refractivity contribution in [2.24, 2.45) is 0 Å². The van der Waals surface area contributed by atoms with Crippen LogP contribution in [0.5, 0.6) is 5.75 Å². The maximum atomic E-state index is 11.7. The number of hydrogen-bond acceptors (Lipinski definition) is 4. The fraction of sp³-hybridized carbons (Fsp3) is 0.286. The number of nitrogens with one attached hydrogen (secondary N) is 2. The third-order valence-corrected chi connectivity index (χ3v) is 3.28. The lowest BCUT2D eigenvalue weighted by molar-refractivity contribution is -0.142. The number of carbonyl (C=O) groups excluding carboxylic acids is 2. The van der Waals surface area contributed by atoms with E-state index < -0.39 is 17.4 Å². The van der Waals surface area contributed by atoms with Crippen LogP contribution in [0.4, 0.5) is 4.79 Å². The predicted octanol–water partition coefficient (Wildman–Crippen LogP) is 2.21. The number of esters is 1. The number of carbonyl (C=O) groups is 2. The molecular formula is C14H15ClN2O4. The molecule has 1 atom stereocenters. The summed E-state index contributed by atoms with van der Waals surface area (Å²) >= 11 is 5.29. The minimum Gasteiger partial charge on any atom is -0.497 e. The molecule has 6 nitrogen and oxygen atoms in total. The van der Waals surface area contributed by atoms with Crippen molar-refractivity contribution in [3.63, 3.8) is 0 Å². The Hall–Kier alpha value is -2.21. The van der Waals surface area contributed by atoms with Crippen LogP contribution >= 0.6 is 11.6 Å². The monoisotopic (exact) mass is 310 g/mol. The Morgan fingerprint density at radius 2 is 2.14 bits per heavy atom. The fourth-order valence-corrected chi connectivity index (χ4v) is 2.28. The lowest BCUT2D eigenvalue weighted by Gasteiger charge is -2.14. The van der Waals surface area contributed by atoms with Gasteiger partial charge in [0, 0.05) is 23.5 Å². The number of ether oxygens (including phenoxy) is 2. The zero-order valence-electron chi connectivity index (χ0n) is 11.6. The number of aromatic amines is 1. The number of H-pyrrole nitrogens is 1. The van der Waals surface area contributed by atoms with Crippen LogP contribution in [0.25, 0.3) is 10.9 Å². The Kier molecular flexibility index (Phi) is 4.70. The largest absolute Gasteiger partial charge is 0.497 e. The van der Waals surface area contributed by atoms with Crippen molar-refractivity contribution in [3.8, 4) is 5.75 Å². The molecule has 0 aliphatic rings. The van der Waals surface area contributed by atoms with Gasteiger partial charge in [0.05, 0.1) is 14.2 Å². The molecule has 0 aliphatic heterocycles. The van der Waals surface area contributed by atoms with Gasteiger partial charge >= 0.3 is 11.3 Å². The number of aromatic nitrogens is 1. The molecule has 1 unspecified atom stereocenters. The summed E-state index contributed by atoms with van der Waals surface area (Å²) in [5.74, 6) is 0.153. The molecule has 0 fully saturated rings. The first-order valence-electron chi connectivity index (χ1n) is 6.23. The second-order valence-electron chi connectivity index (χ2n) is 4.42. The Bertz CT molecular complexity index is 668. The lowest BCUT2D eigenvalue weighted by atomic mass is 10.0. The van der Waals surface area contributed by atoms with Crippen molar-refractivity contribution in [1.82, 2.24) is 10.3 Å². The van der Waals surface area contributed by atoms with E-state index in [0.29, 0.717) is 5.75 Å². The molecule has 0 spiro atoms. The quantitative estimate of drug-likeness (QED) is 0.504. The van der Waals surface area contributed by atoms with Gasteiger partial charge in [0.25, 0.3) is 0 Å². The highest BCUT2D eigenvalue weighted by Gasteiger charge is 2.22. The van der Waals surface area contributed by atoms with Crippen LogP contribution in [-0.2, 0) is 16.0 Å². The van der Waals surface area contributed by atoms with E-state index in [4.69, 9.17) is 16.3 Å². The van der Waals surface area contributed by atoms with Gasteiger partial charge in [0.15, 0.2) is 0 Å². The molecule has 21 heavy (non-hydrogen) atoms. The number of halogens is 1. The van der Waals surface area contributed by atoms with Crippen molar-refractivity contribution in [2.75, 3.05) is 14.2 Å². The van der Waals surface area contributed by atoms with Gasteiger partial charge in [-0.3, -0.25) is 4.79 Å². The summed E-state index contributed by atoms with van der Waals surface area (Å²) in [5.41, 5.74) is 1.76. The fourth-order valence-electron chi connectivity index (χ4n) is 2.15. The SMILES string of the molecule is COC(=O)C(Cc1c[nH]c2ccc(OC)cc12)NC(=O)Cl. The molecule has 112 valence electrons. The molecule has 1 heterocycles. The Morgan fingerprint density at radius 3 is 2.76 bits per heavy atom. The molecule has 0 aliphatic carbocycles. The highest BCUT2D eigenvalue weighted by Crippen LogP contribution is 2.24. The molecule has 1 amide bonds. The van der Waals surface area contributed by atoms with E-state index in [1.165, 1.54) is 7.11 Å². The zero-order valence-corrected chi connectivity index (χ0v) is 12.4. The molecule has 0 radical (unpaired) electrons. The third-order valence-electron chi connectivity index (χ3n) is 3.17. The van der Waals surface area contributed by atoms with Crippen LogP contribution in [0.1, 0.15) is 5.56 Å². The normalized spacial score (nSPS) is 12.0. The van der Waals surface area contributed by atoms with E-state index in [2.05, 4.69) is 15.0 Å². The van der Waals surface area contributed by atoms with Gasteiger partial charge < -0.3 is 19.8 Å². The number of fused-ring (bicyclic) bond motifs is 1. The first-order valence-corrected chi connectivity index (χ1v) is 6.60. The average molecular weight is 311 g/mol. The third kappa shape index (κ3) is 3.46. The summed E-state index contributed by atoms with van der Waals surface area (Å²) in [6.45, 7) is 0. The smallest absolute Gasteiger partial charge is 0.328 e. The van der Waals surface area contributed by atoms with Crippen LogP contribution in [0.2, 0.25) is 0 Å². The van der Waals surface area contributed by atoms with Crippen LogP contribution in [0.15, 0.2) is 24.4 Å². The minimum absolute atomic E-state index is 0.262. The Morgan fingerprint density at radius 1 is 1.38 bits per heavy atom. The molecular weight excluding hydrogens is 296 g/mol. The first-order chi connectivity index (χ1) is 10.0. The zero-order chi connectivity index (χ0) is 15.4. The summed E-state index contributed by atoms with van der Waals surface area (Å²) < 4.78 is 9.86. The maximum absolute atomic E-state index is 11.7.